The Morgan fingerprint density at radius 1 is 1.17 bits per heavy atom. The Bertz CT molecular complexity index is 583. The van der Waals surface area contributed by atoms with Crippen molar-refractivity contribution in [1.82, 2.24) is 10.6 Å². The predicted octanol–water partition coefficient (Wildman–Crippen LogP) is 1.74. The zero-order valence-electron chi connectivity index (χ0n) is 14.3. The number of nitrogens with one attached hydrogen (secondary N) is 2. The van der Waals surface area contributed by atoms with E-state index in [0.717, 1.165) is 24.0 Å². The average molecular weight is 330 g/mol. The van der Waals surface area contributed by atoms with E-state index in [9.17, 15) is 9.59 Å². The number of ether oxygens (including phenoxy) is 1. The fraction of sp³-hybridized carbons (Fsp3) is 0.579. The van der Waals surface area contributed by atoms with Crippen LogP contribution in [0.1, 0.15) is 43.7 Å². The summed E-state index contributed by atoms with van der Waals surface area (Å²) >= 11 is 0. The normalized spacial score (nSPS) is 19.0. The monoisotopic (exact) mass is 330 g/mol. The second kappa shape index (κ2) is 7.34. The molecule has 5 nitrogen and oxygen atoms in total. The molecule has 24 heavy (non-hydrogen) atoms. The van der Waals surface area contributed by atoms with Crippen LogP contribution in [0, 0.1) is 0 Å². The molecule has 1 aromatic carbocycles. The molecule has 0 unspecified atom stereocenters. The molecule has 0 spiro atoms. The van der Waals surface area contributed by atoms with E-state index in [2.05, 4.69) is 10.6 Å². The van der Waals surface area contributed by atoms with E-state index < -0.39 is 5.54 Å². The van der Waals surface area contributed by atoms with Gasteiger partial charge in [0.25, 0.3) is 0 Å². The first-order chi connectivity index (χ1) is 11.6. The number of amides is 1. The molecule has 5 heteroatoms. The van der Waals surface area contributed by atoms with Crippen LogP contribution in [0.4, 0.5) is 0 Å². The highest BCUT2D eigenvalue weighted by molar-refractivity contribution is 5.85. The van der Waals surface area contributed by atoms with Gasteiger partial charge in [0.05, 0.1) is 13.2 Å². The fourth-order valence-electron chi connectivity index (χ4n) is 3.82. The molecule has 130 valence electrons. The summed E-state index contributed by atoms with van der Waals surface area (Å²) in [7, 11) is 0. The Morgan fingerprint density at radius 2 is 1.79 bits per heavy atom. The summed E-state index contributed by atoms with van der Waals surface area (Å²) in [5, 5.41) is 6.27. The van der Waals surface area contributed by atoms with Gasteiger partial charge in [-0.3, -0.25) is 14.9 Å². The van der Waals surface area contributed by atoms with Gasteiger partial charge in [0, 0.05) is 18.9 Å². The summed E-state index contributed by atoms with van der Waals surface area (Å²) in [4.78, 5) is 24.8. The first-order valence-corrected chi connectivity index (χ1v) is 8.91. The SMILES string of the molecule is CCOC(=O)C1(NCC(=O)NC2CCCC2)Cc2ccccc2C1. The van der Waals surface area contributed by atoms with Gasteiger partial charge in [-0.05, 0) is 30.9 Å². The van der Waals surface area contributed by atoms with Gasteiger partial charge in [-0.2, -0.15) is 0 Å². The Morgan fingerprint density at radius 3 is 2.38 bits per heavy atom. The van der Waals surface area contributed by atoms with Crippen LogP contribution in [0.25, 0.3) is 0 Å². The van der Waals surface area contributed by atoms with Crippen molar-refractivity contribution in [3.8, 4) is 0 Å². The van der Waals surface area contributed by atoms with Crippen molar-refractivity contribution in [2.24, 2.45) is 0 Å². The lowest BCUT2D eigenvalue weighted by molar-refractivity contribution is -0.151. The number of fused-ring (bicyclic) bond motifs is 1. The van der Waals surface area contributed by atoms with Crippen molar-refractivity contribution in [1.29, 1.82) is 0 Å². The fourth-order valence-corrected chi connectivity index (χ4v) is 3.82. The van der Waals surface area contributed by atoms with Crippen LogP contribution in [0.15, 0.2) is 24.3 Å². The highest BCUT2D eigenvalue weighted by Crippen LogP contribution is 2.31. The molecule has 3 rings (SSSR count). The predicted molar refractivity (Wildman–Crippen MR) is 91.6 cm³/mol. The van der Waals surface area contributed by atoms with E-state index in [0.29, 0.717) is 25.5 Å². The van der Waals surface area contributed by atoms with Gasteiger partial charge in [-0.25, -0.2) is 0 Å². The van der Waals surface area contributed by atoms with Crippen molar-refractivity contribution in [2.75, 3.05) is 13.2 Å². The molecule has 1 saturated carbocycles. The molecule has 0 aromatic heterocycles. The standard InChI is InChI=1S/C19H26N2O3/c1-2-24-18(23)19(11-14-7-3-4-8-15(14)12-19)20-13-17(22)21-16-9-5-6-10-16/h3-4,7-8,16,20H,2,5-6,9-13H2,1H3,(H,21,22). The maximum atomic E-state index is 12.6. The third-order valence-corrected chi connectivity index (χ3v) is 5.08. The maximum Gasteiger partial charge on any atom is 0.327 e. The minimum Gasteiger partial charge on any atom is -0.465 e. The van der Waals surface area contributed by atoms with Crippen LogP contribution in [0.5, 0.6) is 0 Å². The van der Waals surface area contributed by atoms with Crippen LogP contribution in [-0.2, 0) is 27.2 Å². The van der Waals surface area contributed by atoms with E-state index in [1.165, 1.54) is 12.8 Å². The van der Waals surface area contributed by atoms with Crippen LogP contribution in [0.3, 0.4) is 0 Å². The van der Waals surface area contributed by atoms with E-state index in [1.807, 2.05) is 24.3 Å². The summed E-state index contributed by atoms with van der Waals surface area (Å²) in [6.07, 6.45) is 5.61. The van der Waals surface area contributed by atoms with E-state index >= 15 is 0 Å². The lowest BCUT2D eigenvalue weighted by Gasteiger charge is -2.28. The van der Waals surface area contributed by atoms with Crippen molar-refractivity contribution >= 4 is 11.9 Å². The molecule has 2 N–H and O–H groups in total. The molecule has 1 amide bonds. The number of hydrogen-bond acceptors (Lipinski definition) is 4. The van der Waals surface area contributed by atoms with Gasteiger partial charge in [0.2, 0.25) is 5.91 Å². The highest BCUT2D eigenvalue weighted by atomic mass is 16.5. The lowest BCUT2D eigenvalue weighted by Crippen LogP contribution is -2.56. The second-order valence-electron chi connectivity index (χ2n) is 6.83. The molecule has 0 radical (unpaired) electrons. The molecule has 1 aromatic rings. The molecule has 0 aliphatic heterocycles. The van der Waals surface area contributed by atoms with E-state index in [4.69, 9.17) is 4.74 Å². The molecular formula is C19H26N2O3. The number of hydrogen-bond donors (Lipinski definition) is 2. The van der Waals surface area contributed by atoms with Gasteiger partial charge in [-0.15, -0.1) is 0 Å². The molecule has 2 aliphatic rings. The van der Waals surface area contributed by atoms with Gasteiger partial charge in [-0.1, -0.05) is 37.1 Å². The van der Waals surface area contributed by atoms with Gasteiger partial charge >= 0.3 is 5.97 Å². The number of benzene rings is 1. The summed E-state index contributed by atoms with van der Waals surface area (Å²) in [6, 6.07) is 8.33. The van der Waals surface area contributed by atoms with Crippen molar-refractivity contribution < 1.29 is 14.3 Å². The third kappa shape index (κ3) is 3.61. The van der Waals surface area contributed by atoms with Gasteiger partial charge in [0.1, 0.15) is 5.54 Å². The molecule has 0 atom stereocenters. The summed E-state index contributed by atoms with van der Waals surface area (Å²) in [6.45, 7) is 2.29. The van der Waals surface area contributed by atoms with Crippen LogP contribution in [0.2, 0.25) is 0 Å². The van der Waals surface area contributed by atoms with Gasteiger partial charge < -0.3 is 10.1 Å². The van der Waals surface area contributed by atoms with Gasteiger partial charge in [0.15, 0.2) is 0 Å². The second-order valence-corrected chi connectivity index (χ2v) is 6.83. The van der Waals surface area contributed by atoms with Crippen molar-refractivity contribution in [3.63, 3.8) is 0 Å². The zero-order chi connectivity index (χ0) is 17.0. The largest absolute Gasteiger partial charge is 0.465 e. The first-order valence-electron chi connectivity index (χ1n) is 8.91. The molecule has 0 bridgehead atoms. The zero-order valence-corrected chi connectivity index (χ0v) is 14.3. The van der Waals surface area contributed by atoms with Crippen molar-refractivity contribution in [2.45, 2.75) is 57.0 Å². The first kappa shape index (κ1) is 17.0. The Hall–Kier alpha value is -1.88. The Labute approximate surface area is 143 Å². The molecule has 2 aliphatic carbocycles. The highest BCUT2D eigenvalue weighted by Gasteiger charge is 2.45. The topological polar surface area (TPSA) is 67.4 Å². The summed E-state index contributed by atoms with van der Waals surface area (Å²) < 4.78 is 5.29. The van der Waals surface area contributed by atoms with Crippen LogP contribution in [-0.4, -0.2) is 36.6 Å². The third-order valence-electron chi connectivity index (χ3n) is 5.08. The summed E-state index contributed by atoms with van der Waals surface area (Å²) in [5.74, 6) is -0.309. The minimum absolute atomic E-state index is 0.0403. The lowest BCUT2D eigenvalue weighted by atomic mass is 9.95. The summed E-state index contributed by atoms with van der Waals surface area (Å²) in [5.41, 5.74) is 1.47. The molecule has 0 heterocycles. The average Bonchev–Trinajstić information content (AvgIpc) is 3.20. The number of carbonyl (C=O) groups is 2. The smallest absolute Gasteiger partial charge is 0.327 e. The van der Waals surface area contributed by atoms with Crippen LogP contribution < -0.4 is 10.6 Å². The van der Waals surface area contributed by atoms with Crippen LogP contribution >= 0.6 is 0 Å². The quantitative estimate of drug-likeness (QED) is 0.780. The Kier molecular flexibility index (Phi) is 5.19. The minimum atomic E-state index is -0.827. The number of rotatable bonds is 6. The van der Waals surface area contributed by atoms with Crippen molar-refractivity contribution in [3.05, 3.63) is 35.4 Å². The van der Waals surface area contributed by atoms with E-state index in [-0.39, 0.29) is 18.4 Å². The molecule has 1 fully saturated rings. The molecule has 0 saturated heterocycles. The maximum absolute atomic E-state index is 12.6. The number of esters is 1. The molecular weight excluding hydrogens is 304 g/mol. The number of carbonyl (C=O) groups excluding carboxylic acids is 2. The van der Waals surface area contributed by atoms with E-state index in [1.54, 1.807) is 6.92 Å². The Balaban J connectivity index is 1.65.